The number of thioether (sulfide) groups is 1. The largest absolute Gasteiger partial charge is 0.307 e. The van der Waals surface area contributed by atoms with Crippen LogP contribution in [0.4, 0.5) is 0 Å². The van der Waals surface area contributed by atoms with Crippen LogP contribution in [0.5, 0.6) is 0 Å². The molecule has 0 spiro atoms. The summed E-state index contributed by atoms with van der Waals surface area (Å²) in [6, 6.07) is 2.50. The minimum absolute atomic E-state index is 0.648. The normalized spacial score (nSPS) is 25.6. The molecule has 1 N–H and O–H groups in total. The van der Waals surface area contributed by atoms with Crippen molar-refractivity contribution < 1.29 is 0 Å². The fourth-order valence-corrected chi connectivity index (χ4v) is 3.03. The van der Waals surface area contributed by atoms with Gasteiger partial charge in [-0.1, -0.05) is 6.42 Å². The monoisotopic (exact) mass is 237 g/mol. The van der Waals surface area contributed by atoms with Gasteiger partial charge in [0.05, 0.1) is 6.54 Å². The summed E-state index contributed by atoms with van der Waals surface area (Å²) >= 11 is 2.00. The van der Waals surface area contributed by atoms with E-state index >= 15 is 0 Å². The van der Waals surface area contributed by atoms with Gasteiger partial charge in [-0.25, -0.2) is 9.97 Å². The first kappa shape index (κ1) is 11.9. The van der Waals surface area contributed by atoms with Crippen LogP contribution in [0, 0.1) is 0 Å². The van der Waals surface area contributed by atoms with Gasteiger partial charge in [0, 0.05) is 23.7 Å². The summed E-state index contributed by atoms with van der Waals surface area (Å²) in [5.74, 6) is 0.897. The zero-order valence-corrected chi connectivity index (χ0v) is 10.5. The summed E-state index contributed by atoms with van der Waals surface area (Å²) in [5, 5.41) is 4.40. The molecule has 1 aromatic rings. The maximum absolute atomic E-state index is 4.22. The van der Waals surface area contributed by atoms with Crippen LogP contribution in [0.25, 0.3) is 0 Å². The Morgan fingerprint density at radius 3 is 2.94 bits per heavy atom. The van der Waals surface area contributed by atoms with Crippen molar-refractivity contribution in [3.8, 4) is 0 Å². The first-order valence-electron chi connectivity index (χ1n) is 5.90. The minimum Gasteiger partial charge on any atom is -0.307 e. The molecule has 2 atom stereocenters. The molecule has 0 aromatic carbocycles. The number of aromatic nitrogens is 2. The van der Waals surface area contributed by atoms with Crippen LogP contribution in [0.1, 0.15) is 31.5 Å². The topological polar surface area (TPSA) is 37.8 Å². The Labute approximate surface area is 101 Å². The zero-order valence-electron chi connectivity index (χ0n) is 9.72. The van der Waals surface area contributed by atoms with Gasteiger partial charge in [0.1, 0.15) is 5.82 Å². The van der Waals surface area contributed by atoms with Gasteiger partial charge in [-0.15, -0.1) is 0 Å². The lowest BCUT2D eigenvalue weighted by Gasteiger charge is -2.28. The average molecular weight is 237 g/mol. The first-order valence-corrected chi connectivity index (χ1v) is 7.19. The van der Waals surface area contributed by atoms with Crippen LogP contribution >= 0.6 is 11.8 Å². The van der Waals surface area contributed by atoms with Gasteiger partial charge in [-0.2, -0.15) is 11.8 Å². The van der Waals surface area contributed by atoms with Gasteiger partial charge in [-0.3, -0.25) is 0 Å². The molecule has 3 nitrogen and oxygen atoms in total. The van der Waals surface area contributed by atoms with Crippen molar-refractivity contribution in [3.63, 3.8) is 0 Å². The molecule has 16 heavy (non-hydrogen) atoms. The van der Waals surface area contributed by atoms with E-state index in [0.29, 0.717) is 6.04 Å². The van der Waals surface area contributed by atoms with Crippen LogP contribution < -0.4 is 5.32 Å². The third-order valence-corrected chi connectivity index (χ3v) is 4.22. The molecule has 0 amide bonds. The lowest BCUT2D eigenvalue weighted by atomic mass is 9.95. The predicted molar refractivity (Wildman–Crippen MR) is 68.4 cm³/mol. The van der Waals surface area contributed by atoms with E-state index in [1.54, 1.807) is 12.4 Å². The maximum Gasteiger partial charge on any atom is 0.141 e. The van der Waals surface area contributed by atoms with E-state index in [9.17, 15) is 0 Å². The van der Waals surface area contributed by atoms with Crippen molar-refractivity contribution in [1.82, 2.24) is 15.3 Å². The second kappa shape index (κ2) is 6.21. The Bertz CT molecular complexity index is 304. The Kier molecular flexibility index (Phi) is 4.60. The molecular weight excluding hydrogens is 218 g/mol. The molecular formula is C12H19N3S. The van der Waals surface area contributed by atoms with Gasteiger partial charge in [0.25, 0.3) is 0 Å². The SMILES string of the molecule is CSC1CCCC(NCc2ncccn2)C1. The standard InChI is InChI=1S/C12H19N3S/c1-16-11-5-2-4-10(8-11)15-9-12-13-6-3-7-14-12/h3,6-7,10-11,15H,2,4-5,8-9H2,1H3. The Hall–Kier alpha value is -0.610. The van der Waals surface area contributed by atoms with Crippen molar-refractivity contribution in [1.29, 1.82) is 0 Å². The number of nitrogens with one attached hydrogen (secondary N) is 1. The summed E-state index contributed by atoms with van der Waals surface area (Å²) in [5.41, 5.74) is 0. The van der Waals surface area contributed by atoms with E-state index < -0.39 is 0 Å². The molecule has 1 saturated carbocycles. The van der Waals surface area contributed by atoms with Crippen molar-refractivity contribution in [3.05, 3.63) is 24.3 Å². The van der Waals surface area contributed by atoms with Crippen LogP contribution in [0.2, 0.25) is 0 Å². The maximum atomic E-state index is 4.22. The van der Waals surface area contributed by atoms with E-state index in [1.165, 1.54) is 25.7 Å². The molecule has 1 aliphatic rings. The van der Waals surface area contributed by atoms with E-state index in [4.69, 9.17) is 0 Å². The number of hydrogen-bond acceptors (Lipinski definition) is 4. The highest BCUT2D eigenvalue weighted by atomic mass is 32.2. The highest BCUT2D eigenvalue weighted by Crippen LogP contribution is 2.26. The van der Waals surface area contributed by atoms with Crippen molar-refractivity contribution in [2.75, 3.05) is 6.26 Å². The molecule has 1 aliphatic carbocycles. The molecule has 0 bridgehead atoms. The summed E-state index contributed by atoms with van der Waals surface area (Å²) < 4.78 is 0. The van der Waals surface area contributed by atoms with Crippen molar-refractivity contribution >= 4 is 11.8 Å². The summed E-state index contributed by atoms with van der Waals surface area (Å²) in [6.07, 6.45) is 11.1. The molecule has 1 fully saturated rings. The van der Waals surface area contributed by atoms with Crippen molar-refractivity contribution in [2.45, 2.75) is 43.5 Å². The highest BCUT2D eigenvalue weighted by molar-refractivity contribution is 7.99. The average Bonchev–Trinajstić information content (AvgIpc) is 2.38. The first-order chi connectivity index (χ1) is 7.88. The lowest BCUT2D eigenvalue weighted by molar-refractivity contribution is 0.376. The summed E-state index contributed by atoms with van der Waals surface area (Å²) in [6.45, 7) is 0.798. The Balaban J connectivity index is 1.77. The minimum atomic E-state index is 0.648. The molecule has 0 aliphatic heterocycles. The quantitative estimate of drug-likeness (QED) is 0.871. The molecule has 1 heterocycles. The fraction of sp³-hybridized carbons (Fsp3) is 0.667. The van der Waals surface area contributed by atoms with Crippen LogP contribution in [0.3, 0.4) is 0 Å². The number of nitrogens with zero attached hydrogens (tertiary/aromatic N) is 2. The van der Waals surface area contributed by atoms with Gasteiger partial charge in [0.15, 0.2) is 0 Å². The van der Waals surface area contributed by atoms with E-state index in [0.717, 1.165) is 17.6 Å². The molecule has 2 rings (SSSR count). The summed E-state index contributed by atoms with van der Waals surface area (Å²) in [7, 11) is 0. The van der Waals surface area contributed by atoms with E-state index in [2.05, 4.69) is 21.5 Å². The third-order valence-electron chi connectivity index (χ3n) is 3.13. The van der Waals surface area contributed by atoms with E-state index in [-0.39, 0.29) is 0 Å². The van der Waals surface area contributed by atoms with E-state index in [1.807, 2.05) is 17.8 Å². The zero-order chi connectivity index (χ0) is 11.2. The lowest BCUT2D eigenvalue weighted by Crippen LogP contribution is -2.35. The molecule has 0 saturated heterocycles. The molecule has 88 valence electrons. The second-order valence-corrected chi connectivity index (χ2v) is 5.41. The Morgan fingerprint density at radius 1 is 1.38 bits per heavy atom. The van der Waals surface area contributed by atoms with Crippen LogP contribution in [-0.4, -0.2) is 27.5 Å². The molecule has 2 unspecified atom stereocenters. The van der Waals surface area contributed by atoms with Crippen molar-refractivity contribution in [2.24, 2.45) is 0 Å². The third kappa shape index (κ3) is 3.46. The van der Waals surface area contributed by atoms with Gasteiger partial charge >= 0.3 is 0 Å². The molecule has 4 heteroatoms. The fourth-order valence-electron chi connectivity index (χ4n) is 2.20. The predicted octanol–water partition coefficient (Wildman–Crippen LogP) is 2.24. The molecule has 0 radical (unpaired) electrons. The molecule has 1 aromatic heterocycles. The van der Waals surface area contributed by atoms with Gasteiger partial charge in [-0.05, 0) is 31.6 Å². The number of rotatable bonds is 4. The smallest absolute Gasteiger partial charge is 0.141 e. The van der Waals surface area contributed by atoms with Gasteiger partial charge < -0.3 is 5.32 Å². The van der Waals surface area contributed by atoms with Gasteiger partial charge in [0.2, 0.25) is 0 Å². The Morgan fingerprint density at radius 2 is 2.19 bits per heavy atom. The second-order valence-electron chi connectivity index (χ2n) is 4.27. The number of hydrogen-bond donors (Lipinski definition) is 1. The van der Waals surface area contributed by atoms with Crippen LogP contribution in [0.15, 0.2) is 18.5 Å². The van der Waals surface area contributed by atoms with Crippen LogP contribution in [-0.2, 0) is 6.54 Å². The highest BCUT2D eigenvalue weighted by Gasteiger charge is 2.20. The summed E-state index contributed by atoms with van der Waals surface area (Å²) in [4.78, 5) is 8.45.